The first kappa shape index (κ1) is 19.9. The smallest absolute Gasteiger partial charge is 0.135 e. The van der Waals surface area contributed by atoms with E-state index in [0.29, 0.717) is 0 Å². The third-order valence-electron chi connectivity index (χ3n) is 6.61. The Bertz CT molecular complexity index is 1410. The molecule has 0 unspecified atom stereocenters. The molecule has 0 saturated carbocycles. The first-order chi connectivity index (χ1) is 14.7. The van der Waals surface area contributed by atoms with Gasteiger partial charge in [0.1, 0.15) is 11.2 Å². The molecule has 0 amide bonds. The number of hydrogen-bond donors (Lipinski definition) is 0. The first-order valence-corrected chi connectivity index (χ1v) is 11.2. The van der Waals surface area contributed by atoms with Crippen LogP contribution in [0.2, 0.25) is 0 Å². The highest BCUT2D eigenvalue weighted by molar-refractivity contribution is 6.05. The third-order valence-corrected chi connectivity index (χ3v) is 6.61. The summed E-state index contributed by atoms with van der Waals surface area (Å²) in [4.78, 5) is 0. The van der Waals surface area contributed by atoms with E-state index in [1.807, 2.05) is 12.1 Å². The molecule has 0 aliphatic carbocycles. The summed E-state index contributed by atoms with van der Waals surface area (Å²) >= 11 is 0. The standard InChI is InChI=1S/C30H30O/c1-29(2,3)26-14-9-12-22-20(10-8-13-23(22)26)19-30(4,5)21-16-17-28-25(18-21)24-11-6-7-15-27(24)31-28/h6-18H,19H2,1-5H3. The Balaban J connectivity index is 1.59. The molecule has 1 nitrogen and oxygen atoms in total. The molecule has 0 aliphatic rings. The van der Waals surface area contributed by atoms with Gasteiger partial charge in [0.2, 0.25) is 0 Å². The van der Waals surface area contributed by atoms with Gasteiger partial charge in [0.15, 0.2) is 0 Å². The van der Waals surface area contributed by atoms with Crippen molar-refractivity contribution in [1.82, 2.24) is 0 Å². The van der Waals surface area contributed by atoms with Crippen molar-refractivity contribution in [1.29, 1.82) is 0 Å². The highest BCUT2D eigenvalue weighted by atomic mass is 16.3. The molecule has 0 spiro atoms. The van der Waals surface area contributed by atoms with Gasteiger partial charge in [-0.15, -0.1) is 0 Å². The fourth-order valence-electron chi connectivity index (χ4n) is 4.91. The highest BCUT2D eigenvalue weighted by Crippen LogP contribution is 2.37. The molecule has 0 aliphatic heterocycles. The second-order valence-corrected chi connectivity index (χ2v) is 10.4. The van der Waals surface area contributed by atoms with E-state index in [4.69, 9.17) is 4.42 Å². The van der Waals surface area contributed by atoms with Crippen molar-refractivity contribution < 1.29 is 4.42 Å². The van der Waals surface area contributed by atoms with Crippen LogP contribution in [0.1, 0.15) is 51.3 Å². The molecule has 1 heterocycles. The monoisotopic (exact) mass is 406 g/mol. The van der Waals surface area contributed by atoms with Crippen molar-refractivity contribution in [3.63, 3.8) is 0 Å². The van der Waals surface area contributed by atoms with E-state index in [2.05, 4.69) is 101 Å². The first-order valence-electron chi connectivity index (χ1n) is 11.2. The lowest BCUT2D eigenvalue weighted by Crippen LogP contribution is -2.20. The number of benzene rings is 4. The van der Waals surface area contributed by atoms with E-state index in [0.717, 1.165) is 17.6 Å². The minimum Gasteiger partial charge on any atom is -0.456 e. The van der Waals surface area contributed by atoms with Gasteiger partial charge in [0, 0.05) is 10.8 Å². The van der Waals surface area contributed by atoms with Crippen molar-refractivity contribution >= 4 is 32.7 Å². The van der Waals surface area contributed by atoms with E-state index in [-0.39, 0.29) is 10.8 Å². The normalized spacial score (nSPS) is 12.8. The predicted molar refractivity (Wildman–Crippen MR) is 133 cm³/mol. The number of furan rings is 1. The zero-order valence-corrected chi connectivity index (χ0v) is 19.1. The Morgan fingerprint density at radius 2 is 1.29 bits per heavy atom. The summed E-state index contributed by atoms with van der Waals surface area (Å²) in [6.07, 6.45) is 0.985. The molecule has 1 heteroatoms. The van der Waals surface area contributed by atoms with E-state index in [1.165, 1.54) is 38.2 Å². The van der Waals surface area contributed by atoms with Gasteiger partial charge in [-0.2, -0.15) is 0 Å². The average molecular weight is 407 g/mol. The Morgan fingerprint density at radius 3 is 2.10 bits per heavy atom. The fourth-order valence-corrected chi connectivity index (χ4v) is 4.91. The quantitative estimate of drug-likeness (QED) is 0.292. The summed E-state index contributed by atoms with van der Waals surface area (Å²) in [6.45, 7) is 11.6. The molecule has 0 N–H and O–H groups in total. The Hall–Kier alpha value is -3.06. The summed E-state index contributed by atoms with van der Waals surface area (Å²) in [7, 11) is 0. The van der Waals surface area contributed by atoms with E-state index < -0.39 is 0 Å². The van der Waals surface area contributed by atoms with Crippen molar-refractivity contribution in [2.75, 3.05) is 0 Å². The van der Waals surface area contributed by atoms with Gasteiger partial charge < -0.3 is 4.42 Å². The zero-order valence-electron chi connectivity index (χ0n) is 19.1. The van der Waals surface area contributed by atoms with Crippen LogP contribution in [0.3, 0.4) is 0 Å². The minimum absolute atomic E-state index is 0.00140. The van der Waals surface area contributed by atoms with Crippen LogP contribution in [-0.4, -0.2) is 0 Å². The zero-order chi connectivity index (χ0) is 21.8. The molecular weight excluding hydrogens is 376 g/mol. The molecule has 0 saturated heterocycles. The Labute approximate surface area is 184 Å². The van der Waals surface area contributed by atoms with Crippen LogP contribution in [-0.2, 0) is 17.3 Å². The van der Waals surface area contributed by atoms with E-state index in [9.17, 15) is 0 Å². The number of para-hydroxylation sites is 1. The van der Waals surface area contributed by atoms with Gasteiger partial charge >= 0.3 is 0 Å². The summed E-state index contributed by atoms with van der Waals surface area (Å²) in [5.74, 6) is 0. The van der Waals surface area contributed by atoms with Crippen LogP contribution in [0.25, 0.3) is 32.7 Å². The largest absolute Gasteiger partial charge is 0.456 e. The number of hydrogen-bond acceptors (Lipinski definition) is 1. The second-order valence-electron chi connectivity index (χ2n) is 10.4. The van der Waals surface area contributed by atoms with Crippen LogP contribution in [0, 0.1) is 0 Å². The third kappa shape index (κ3) is 3.43. The van der Waals surface area contributed by atoms with Gasteiger partial charge in [-0.25, -0.2) is 0 Å². The Kier molecular flexibility index (Phi) is 4.48. The SMILES string of the molecule is CC(C)(C)c1cccc2c(CC(C)(C)c3ccc4oc5ccccc5c4c3)cccc12. The molecule has 1 aromatic heterocycles. The van der Waals surface area contributed by atoms with Gasteiger partial charge in [-0.05, 0) is 62.9 Å². The molecule has 31 heavy (non-hydrogen) atoms. The molecule has 156 valence electrons. The van der Waals surface area contributed by atoms with Crippen LogP contribution in [0.5, 0.6) is 0 Å². The lowest BCUT2D eigenvalue weighted by molar-refractivity contribution is 0.524. The van der Waals surface area contributed by atoms with Crippen LogP contribution in [0.4, 0.5) is 0 Å². The lowest BCUT2D eigenvalue weighted by atomic mass is 9.77. The number of fused-ring (bicyclic) bond motifs is 4. The highest BCUT2D eigenvalue weighted by Gasteiger charge is 2.24. The Morgan fingerprint density at radius 1 is 0.613 bits per heavy atom. The molecule has 5 rings (SSSR count). The maximum atomic E-state index is 6.04. The molecule has 0 atom stereocenters. The fraction of sp³-hybridized carbons (Fsp3) is 0.267. The molecule has 0 bridgehead atoms. The van der Waals surface area contributed by atoms with Crippen molar-refractivity contribution in [2.24, 2.45) is 0 Å². The van der Waals surface area contributed by atoms with Gasteiger partial charge in [-0.3, -0.25) is 0 Å². The summed E-state index contributed by atoms with van der Waals surface area (Å²) in [5, 5.41) is 5.14. The van der Waals surface area contributed by atoms with Gasteiger partial charge in [0.25, 0.3) is 0 Å². The summed E-state index contributed by atoms with van der Waals surface area (Å²) < 4.78 is 6.04. The van der Waals surface area contributed by atoms with Crippen molar-refractivity contribution in [3.05, 3.63) is 95.6 Å². The molecule has 0 radical (unpaired) electrons. The second kappa shape index (κ2) is 6.99. The van der Waals surface area contributed by atoms with Crippen molar-refractivity contribution in [2.45, 2.75) is 51.9 Å². The van der Waals surface area contributed by atoms with Crippen molar-refractivity contribution in [3.8, 4) is 0 Å². The van der Waals surface area contributed by atoms with E-state index in [1.54, 1.807) is 0 Å². The topological polar surface area (TPSA) is 13.1 Å². The molecular formula is C30H30O. The minimum atomic E-state index is -0.00140. The van der Waals surface area contributed by atoms with Gasteiger partial charge in [-0.1, -0.05) is 95.3 Å². The molecule has 5 aromatic rings. The number of rotatable bonds is 3. The van der Waals surface area contributed by atoms with Crippen LogP contribution >= 0.6 is 0 Å². The average Bonchev–Trinajstić information content (AvgIpc) is 3.10. The molecule has 4 aromatic carbocycles. The summed E-state index contributed by atoms with van der Waals surface area (Å²) in [6, 6.07) is 28.5. The van der Waals surface area contributed by atoms with Crippen LogP contribution < -0.4 is 0 Å². The lowest BCUT2D eigenvalue weighted by Gasteiger charge is -2.27. The van der Waals surface area contributed by atoms with Crippen LogP contribution in [0.15, 0.2) is 83.3 Å². The summed E-state index contributed by atoms with van der Waals surface area (Å²) in [5.41, 5.74) is 6.20. The maximum absolute atomic E-state index is 6.04. The maximum Gasteiger partial charge on any atom is 0.135 e. The van der Waals surface area contributed by atoms with Gasteiger partial charge in [0.05, 0.1) is 0 Å². The van der Waals surface area contributed by atoms with E-state index >= 15 is 0 Å². The molecule has 0 fully saturated rings. The predicted octanol–water partition coefficient (Wildman–Crippen LogP) is 8.56.